The molecule has 0 amide bonds. The van der Waals surface area contributed by atoms with Crippen molar-refractivity contribution in [3.05, 3.63) is 188 Å². The quantitative estimate of drug-likeness (QED) is 0.177. The molecule has 0 saturated heterocycles. The molecule has 12 rings (SSSR count). The Bertz CT molecular complexity index is 3400. The van der Waals surface area contributed by atoms with Crippen LogP contribution in [0.25, 0.3) is 111 Å². The van der Waals surface area contributed by atoms with E-state index in [1.54, 1.807) is 0 Å². The summed E-state index contributed by atoms with van der Waals surface area (Å²) in [7, 11) is 0. The second-order valence-electron chi connectivity index (χ2n) is 14.4. The third kappa shape index (κ3) is 4.81. The maximum absolute atomic E-state index is 7.00. The van der Waals surface area contributed by atoms with Crippen LogP contribution in [-0.4, -0.2) is 24.1 Å². The Labute approximate surface area is 326 Å². The molecule has 0 unspecified atom stereocenters. The molecule has 6 nitrogen and oxygen atoms in total. The summed E-state index contributed by atoms with van der Waals surface area (Å²) >= 11 is 0. The standard InChI is InChI=1S/C51H31N5O/c1-4-15-32(16-5-1)49-52-50(33-17-6-2-7-18-33)54-51(53-49)34-27-28-38-39-29-30-40-46-43(56-41-23-12-10-21-36(41)37-22-11-13-24-42(37)56)25-14-26-45(46)57-48(40)47(39)55(44(38)31-34)35-19-8-3-9-20-35/h1-31H. The van der Waals surface area contributed by atoms with Gasteiger partial charge in [0.25, 0.3) is 0 Å². The Morgan fingerprint density at radius 1 is 0.368 bits per heavy atom. The van der Waals surface area contributed by atoms with Gasteiger partial charge >= 0.3 is 0 Å². The van der Waals surface area contributed by atoms with Gasteiger partial charge in [0, 0.05) is 49.3 Å². The highest BCUT2D eigenvalue weighted by molar-refractivity contribution is 6.23. The normalized spacial score (nSPS) is 11.9. The summed E-state index contributed by atoms with van der Waals surface area (Å²) in [6, 6.07) is 65.4. The Morgan fingerprint density at radius 3 is 1.54 bits per heavy atom. The van der Waals surface area contributed by atoms with Crippen molar-refractivity contribution in [1.29, 1.82) is 0 Å². The zero-order valence-electron chi connectivity index (χ0n) is 30.5. The molecule has 0 fully saturated rings. The van der Waals surface area contributed by atoms with Crippen LogP contribution in [0, 0.1) is 0 Å². The average Bonchev–Trinajstić information content (AvgIpc) is 3.95. The minimum atomic E-state index is 0.610. The van der Waals surface area contributed by atoms with E-state index >= 15 is 0 Å². The van der Waals surface area contributed by atoms with E-state index in [2.05, 4.69) is 137 Å². The number of rotatable bonds is 5. The molecule has 0 radical (unpaired) electrons. The van der Waals surface area contributed by atoms with E-state index in [0.29, 0.717) is 17.5 Å². The Kier molecular flexibility index (Phi) is 6.83. The SMILES string of the molecule is c1ccc(-c2nc(-c3ccccc3)nc(-c3ccc4c5ccc6c(oc7cccc(-n8c9ccccc9c9ccccc98)c76)c5n(-c5ccccc5)c4c3)n2)cc1. The first-order valence-corrected chi connectivity index (χ1v) is 19.1. The van der Waals surface area contributed by atoms with Gasteiger partial charge < -0.3 is 13.6 Å². The van der Waals surface area contributed by atoms with Crippen LogP contribution in [0.3, 0.4) is 0 Å². The summed E-state index contributed by atoms with van der Waals surface area (Å²) < 4.78 is 11.7. The van der Waals surface area contributed by atoms with Crippen molar-refractivity contribution in [3.63, 3.8) is 0 Å². The summed E-state index contributed by atoms with van der Waals surface area (Å²) in [4.78, 5) is 15.1. The molecule has 0 aliphatic heterocycles. The molecule has 266 valence electrons. The number of nitrogens with zero attached hydrogens (tertiary/aromatic N) is 5. The highest BCUT2D eigenvalue weighted by atomic mass is 16.3. The lowest BCUT2D eigenvalue weighted by molar-refractivity contribution is 0.671. The van der Waals surface area contributed by atoms with Gasteiger partial charge in [-0.3, -0.25) is 0 Å². The molecule has 4 aromatic heterocycles. The smallest absolute Gasteiger partial charge is 0.164 e. The summed E-state index contributed by atoms with van der Waals surface area (Å²) in [5.41, 5.74) is 11.0. The highest BCUT2D eigenvalue weighted by Gasteiger charge is 2.23. The largest absolute Gasteiger partial charge is 0.454 e. The predicted octanol–water partition coefficient (Wildman–Crippen LogP) is 13.0. The van der Waals surface area contributed by atoms with E-state index in [0.717, 1.165) is 82.8 Å². The van der Waals surface area contributed by atoms with Gasteiger partial charge in [0.15, 0.2) is 23.1 Å². The summed E-state index contributed by atoms with van der Waals surface area (Å²) in [6.07, 6.45) is 0. The molecule has 0 aliphatic rings. The molecule has 0 N–H and O–H groups in total. The zero-order valence-corrected chi connectivity index (χ0v) is 30.5. The van der Waals surface area contributed by atoms with Crippen LogP contribution >= 0.6 is 0 Å². The first-order chi connectivity index (χ1) is 28.3. The fourth-order valence-electron chi connectivity index (χ4n) is 8.65. The second-order valence-corrected chi connectivity index (χ2v) is 14.4. The molecule has 0 saturated carbocycles. The number of aromatic nitrogens is 5. The lowest BCUT2D eigenvalue weighted by atomic mass is 10.1. The van der Waals surface area contributed by atoms with E-state index in [1.165, 1.54) is 10.8 Å². The Hall–Kier alpha value is -7.83. The molecule has 8 aromatic carbocycles. The van der Waals surface area contributed by atoms with Gasteiger partial charge in [-0.05, 0) is 48.5 Å². The van der Waals surface area contributed by atoms with Crippen LogP contribution in [0.5, 0.6) is 0 Å². The molecule has 0 spiro atoms. The predicted molar refractivity (Wildman–Crippen MR) is 232 cm³/mol. The molecule has 57 heavy (non-hydrogen) atoms. The van der Waals surface area contributed by atoms with E-state index in [4.69, 9.17) is 19.4 Å². The first-order valence-electron chi connectivity index (χ1n) is 19.1. The van der Waals surface area contributed by atoms with Crippen molar-refractivity contribution < 1.29 is 4.42 Å². The van der Waals surface area contributed by atoms with Gasteiger partial charge in [-0.25, -0.2) is 15.0 Å². The molecule has 12 aromatic rings. The van der Waals surface area contributed by atoms with Gasteiger partial charge in [-0.1, -0.05) is 140 Å². The second kappa shape index (κ2) is 12.3. The van der Waals surface area contributed by atoms with Crippen molar-refractivity contribution in [2.24, 2.45) is 0 Å². The van der Waals surface area contributed by atoms with E-state index in [-0.39, 0.29) is 0 Å². The Balaban J connectivity index is 1.14. The van der Waals surface area contributed by atoms with E-state index in [9.17, 15) is 0 Å². The highest BCUT2D eigenvalue weighted by Crippen LogP contribution is 2.44. The van der Waals surface area contributed by atoms with Gasteiger partial charge in [-0.15, -0.1) is 0 Å². The third-order valence-electron chi connectivity index (χ3n) is 11.2. The maximum atomic E-state index is 7.00. The monoisotopic (exact) mass is 729 g/mol. The summed E-state index contributed by atoms with van der Waals surface area (Å²) in [5.74, 6) is 1.87. The fourth-order valence-corrected chi connectivity index (χ4v) is 8.65. The Morgan fingerprint density at radius 2 is 0.895 bits per heavy atom. The van der Waals surface area contributed by atoms with Gasteiger partial charge in [0.1, 0.15) is 5.58 Å². The molecule has 4 heterocycles. The zero-order chi connectivity index (χ0) is 37.5. The molecule has 0 atom stereocenters. The molecule has 0 aliphatic carbocycles. The van der Waals surface area contributed by atoms with Crippen molar-refractivity contribution >= 4 is 65.6 Å². The third-order valence-corrected chi connectivity index (χ3v) is 11.2. The maximum Gasteiger partial charge on any atom is 0.164 e. The van der Waals surface area contributed by atoms with E-state index < -0.39 is 0 Å². The van der Waals surface area contributed by atoms with Crippen molar-refractivity contribution in [2.45, 2.75) is 0 Å². The van der Waals surface area contributed by atoms with Crippen LogP contribution in [0.15, 0.2) is 192 Å². The van der Waals surface area contributed by atoms with Crippen LogP contribution in [0.2, 0.25) is 0 Å². The minimum absolute atomic E-state index is 0.610. The van der Waals surface area contributed by atoms with Crippen molar-refractivity contribution in [3.8, 4) is 45.5 Å². The number of benzene rings is 8. The molecule has 6 heteroatoms. The van der Waals surface area contributed by atoms with Crippen LogP contribution in [0.1, 0.15) is 0 Å². The van der Waals surface area contributed by atoms with Gasteiger partial charge in [-0.2, -0.15) is 0 Å². The van der Waals surface area contributed by atoms with Crippen LogP contribution < -0.4 is 0 Å². The van der Waals surface area contributed by atoms with E-state index in [1.807, 2.05) is 60.7 Å². The minimum Gasteiger partial charge on any atom is -0.454 e. The topological polar surface area (TPSA) is 61.7 Å². The average molecular weight is 730 g/mol. The number of furan rings is 1. The number of hydrogen-bond donors (Lipinski definition) is 0. The molecular formula is C51H31N5O. The first kappa shape index (κ1) is 31.5. The lowest BCUT2D eigenvalue weighted by Gasteiger charge is -2.10. The molecule has 0 bridgehead atoms. The lowest BCUT2D eigenvalue weighted by Crippen LogP contribution is -2.00. The summed E-state index contributed by atoms with van der Waals surface area (Å²) in [5, 5.41) is 6.82. The fraction of sp³-hybridized carbons (Fsp3) is 0. The number of hydrogen-bond acceptors (Lipinski definition) is 4. The van der Waals surface area contributed by atoms with Crippen molar-refractivity contribution in [1.82, 2.24) is 24.1 Å². The van der Waals surface area contributed by atoms with Crippen molar-refractivity contribution in [2.75, 3.05) is 0 Å². The summed E-state index contributed by atoms with van der Waals surface area (Å²) in [6.45, 7) is 0. The van der Waals surface area contributed by atoms with Crippen LogP contribution in [0.4, 0.5) is 0 Å². The van der Waals surface area contributed by atoms with Crippen LogP contribution in [-0.2, 0) is 0 Å². The number of para-hydroxylation sites is 3. The number of fused-ring (bicyclic) bond motifs is 10. The molecular weight excluding hydrogens is 699 g/mol. The van der Waals surface area contributed by atoms with Gasteiger partial charge in [0.2, 0.25) is 0 Å². The van der Waals surface area contributed by atoms with Gasteiger partial charge in [0.05, 0.1) is 33.1 Å².